The van der Waals surface area contributed by atoms with Crippen molar-refractivity contribution in [1.29, 1.82) is 0 Å². The molecule has 0 bridgehead atoms. The van der Waals surface area contributed by atoms with E-state index in [0.717, 1.165) is 16.0 Å². The summed E-state index contributed by atoms with van der Waals surface area (Å²) in [7, 11) is 0. The second kappa shape index (κ2) is 6.37. The molecule has 0 atom stereocenters. The highest BCUT2D eigenvalue weighted by Gasteiger charge is 2.46. The van der Waals surface area contributed by atoms with Crippen molar-refractivity contribution in [3.8, 4) is 11.1 Å². The Morgan fingerprint density at radius 3 is 2.52 bits per heavy atom. The van der Waals surface area contributed by atoms with Gasteiger partial charge in [0.1, 0.15) is 5.76 Å². The number of carbonyl (C=O) groups excluding carboxylic acids is 2. The molecule has 1 saturated heterocycles. The molecule has 7 nitrogen and oxygen atoms in total. The lowest BCUT2D eigenvalue weighted by atomic mass is 9.97. The van der Waals surface area contributed by atoms with Crippen LogP contribution >= 0.6 is 0 Å². The van der Waals surface area contributed by atoms with Gasteiger partial charge in [-0.1, -0.05) is 5.16 Å². The molecule has 1 aliphatic heterocycles. The van der Waals surface area contributed by atoms with Gasteiger partial charge in [0, 0.05) is 38.5 Å². The number of nitrogens with one attached hydrogen (secondary N) is 1. The Kier molecular flexibility index (Phi) is 3.95. The van der Waals surface area contributed by atoms with Gasteiger partial charge in [0.05, 0.1) is 18.8 Å². The van der Waals surface area contributed by atoms with Crippen LogP contribution in [0.2, 0.25) is 0 Å². The Labute approximate surface area is 174 Å². The molecule has 3 N–H and O–H groups in total. The number of rotatable bonds is 3. The normalized spacial score (nSPS) is 15.4. The zero-order valence-corrected chi connectivity index (χ0v) is 16.8. The van der Waals surface area contributed by atoms with Gasteiger partial charge in [0.2, 0.25) is 5.91 Å². The van der Waals surface area contributed by atoms with Crippen molar-refractivity contribution < 1.29 is 22.9 Å². The predicted octanol–water partition coefficient (Wildman–Crippen LogP) is 3.78. The van der Waals surface area contributed by atoms with Gasteiger partial charge in [-0.15, -0.1) is 0 Å². The third-order valence-electron chi connectivity index (χ3n) is 5.66. The van der Waals surface area contributed by atoms with Crippen LogP contribution < -0.4 is 5.73 Å². The van der Waals surface area contributed by atoms with Crippen molar-refractivity contribution in [2.45, 2.75) is 19.8 Å². The van der Waals surface area contributed by atoms with E-state index >= 15 is 0 Å². The van der Waals surface area contributed by atoms with E-state index in [1.54, 1.807) is 31.2 Å². The zero-order valence-electron chi connectivity index (χ0n) is 16.8. The summed E-state index contributed by atoms with van der Waals surface area (Å²) in [6.45, 7) is 2.41. The zero-order chi connectivity index (χ0) is 22.1. The van der Waals surface area contributed by atoms with Crippen molar-refractivity contribution in [2.24, 2.45) is 5.73 Å². The monoisotopic (exact) mass is 424 g/mol. The number of aryl methyl sites for hydroxylation is 2. The van der Waals surface area contributed by atoms with Gasteiger partial charge in [-0.25, -0.2) is 8.78 Å². The summed E-state index contributed by atoms with van der Waals surface area (Å²) < 4.78 is 31.6. The molecule has 0 unspecified atom stereocenters. The molecule has 9 heteroatoms. The fraction of sp³-hybridized carbons (Fsp3) is 0.227. The summed E-state index contributed by atoms with van der Waals surface area (Å²) in [5.41, 5.74) is 9.76. The Morgan fingerprint density at radius 2 is 1.90 bits per heavy atom. The molecule has 0 saturated carbocycles. The smallest absolute Gasteiger partial charge is 0.282 e. The van der Waals surface area contributed by atoms with E-state index in [0.29, 0.717) is 33.3 Å². The minimum Gasteiger partial charge on any atom is -0.366 e. The van der Waals surface area contributed by atoms with Gasteiger partial charge < -0.3 is 20.1 Å². The van der Waals surface area contributed by atoms with Gasteiger partial charge in [-0.2, -0.15) is 0 Å². The number of benzene rings is 2. The number of aromatic amines is 1. The van der Waals surface area contributed by atoms with Crippen molar-refractivity contribution in [2.75, 3.05) is 13.1 Å². The molecule has 1 aliphatic rings. The van der Waals surface area contributed by atoms with Gasteiger partial charge in [0.25, 0.3) is 11.8 Å². The topological polar surface area (TPSA) is 105 Å². The molecule has 5 rings (SSSR count). The number of nitrogens with zero attached hydrogens (tertiary/aromatic N) is 2. The van der Waals surface area contributed by atoms with Gasteiger partial charge in [-0.3, -0.25) is 9.59 Å². The lowest BCUT2D eigenvalue weighted by Crippen LogP contribution is -2.58. The van der Waals surface area contributed by atoms with E-state index < -0.39 is 30.8 Å². The van der Waals surface area contributed by atoms with Crippen molar-refractivity contribution >= 4 is 33.6 Å². The molecule has 0 spiro atoms. The van der Waals surface area contributed by atoms with E-state index in [2.05, 4.69) is 10.1 Å². The quantitative estimate of drug-likeness (QED) is 0.522. The minimum absolute atomic E-state index is 0.272. The first kappa shape index (κ1) is 19.2. The van der Waals surface area contributed by atoms with Crippen molar-refractivity contribution in [3.63, 3.8) is 0 Å². The molecule has 0 radical (unpaired) electrons. The third-order valence-corrected chi connectivity index (χ3v) is 5.66. The number of fused-ring (bicyclic) bond motifs is 3. The number of aromatic nitrogens is 2. The summed E-state index contributed by atoms with van der Waals surface area (Å²) in [5, 5.41) is 5.15. The summed E-state index contributed by atoms with van der Waals surface area (Å²) in [5.74, 6) is -3.33. The van der Waals surface area contributed by atoms with Gasteiger partial charge in [-0.05, 0) is 49.7 Å². The number of halogens is 2. The molecular weight excluding hydrogens is 406 g/mol. The molecule has 2 amide bonds. The molecule has 2 aromatic heterocycles. The molecule has 31 heavy (non-hydrogen) atoms. The summed E-state index contributed by atoms with van der Waals surface area (Å²) in [6.07, 6.45) is 0. The highest BCUT2D eigenvalue weighted by Crippen LogP contribution is 2.36. The van der Waals surface area contributed by atoms with Crippen LogP contribution in [-0.2, 0) is 0 Å². The fourth-order valence-corrected chi connectivity index (χ4v) is 4.24. The number of hydrogen-bond donors (Lipinski definition) is 2. The van der Waals surface area contributed by atoms with Crippen LogP contribution in [-0.4, -0.2) is 45.9 Å². The number of likely N-dealkylation sites (tertiary alicyclic amines) is 1. The Bertz CT molecular complexity index is 1380. The highest BCUT2D eigenvalue weighted by molar-refractivity contribution is 6.19. The predicted molar refractivity (Wildman–Crippen MR) is 110 cm³/mol. The first-order valence-corrected chi connectivity index (χ1v) is 9.64. The Hall–Kier alpha value is -3.75. The van der Waals surface area contributed by atoms with Gasteiger partial charge >= 0.3 is 0 Å². The van der Waals surface area contributed by atoms with Crippen LogP contribution in [0, 0.1) is 13.8 Å². The molecule has 3 heterocycles. The van der Waals surface area contributed by atoms with Crippen LogP contribution in [0.15, 0.2) is 34.9 Å². The molecule has 4 aromatic rings. The van der Waals surface area contributed by atoms with Gasteiger partial charge in [0.15, 0.2) is 0 Å². The van der Waals surface area contributed by atoms with E-state index in [1.165, 1.54) is 0 Å². The van der Waals surface area contributed by atoms with Crippen LogP contribution in [0.1, 0.15) is 32.2 Å². The SMILES string of the molecule is Cc1noc(C)c1-c1cc(C(N)=O)c2c(c1)[nH]c1ccc(C(=O)N3CC(F)(F)C3)cc12. The van der Waals surface area contributed by atoms with Crippen LogP contribution in [0.25, 0.3) is 32.9 Å². The average Bonchev–Trinajstić information content (AvgIpc) is 3.23. The van der Waals surface area contributed by atoms with E-state index in [4.69, 9.17) is 10.3 Å². The van der Waals surface area contributed by atoms with Crippen LogP contribution in [0.3, 0.4) is 0 Å². The van der Waals surface area contributed by atoms with Crippen molar-refractivity contribution in [1.82, 2.24) is 15.0 Å². The first-order chi connectivity index (χ1) is 14.6. The lowest BCUT2D eigenvalue weighted by Gasteiger charge is -2.38. The second-order valence-electron chi connectivity index (χ2n) is 7.91. The van der Waals surface area contributed by atoms with E-state index in [-0.39, 0.29) is 11.1 Å². The van der Waals surface area contributed by atoms with E-state index in [1.807, 2.05) is 13.0 Å². The second-order valence-corrected chi connectivity index (χ2v) is 7.91. The summed E-state index contributed by atoms with van der Waals surface area (Å²) >= 11 is 0. The van der Waals surface area contributed by atoms with E-state index in [9.17, 15) is 18.4 Å². The molecule has 1 fully saturated rings. The minimum atomic E-state index is -2.84. The number of amides is 2. The number of hydrogen-bond acceptors (Lipinski definition) is 4. The number of carbonyl (C=O) groups is 2. The maximum absolute atomic E-state index is 13.2. The number of alkyl halides is 2. The fourth-order valence-electron chi connectivity index (χ4n) is 4.24. The summed E-state index contributed by atoms with van der Waals surface area (Å²) in [4.78, 5) is 29.3. The van der Waals surface area contributed by atoms with Crippen LogP contribution in [0.4, 0.5) is 8.78 Å². The molecule has 158 valence electrons. The molecule has 0 aliphatic carbocycles. The maximum atomic E-state index is 13.2. The average molecular weight is 424 g/mol. The maximum Gasteiger partial charge on any atom is 0.282 e. The van der Waals surface area contributed by atoms with Crippen molar-refractivity contribution in [3.05, 3.63) is 52.9 Å². The van der Waals surface area contributed by atoms with Crippen LogP contribution in [0.5, 0.6) is 0 Å². The molecule has 2 aromatic carbocycles. The largest absolute Gasteiger partial charge is 0.366 e. The number of nitrogens with two attached hydrogens (primary N) is 1. The number of primary amides is 1. The molecular formula is C22H18F2N4O3. The lowest BCUT2D eigenvalue weighted by molar-refractivity contribution is -0.113. The standard InChI is InChI=1S/C22H18F2N4O3/c1-10-18(11(2)31-27-10)13-6-15(20(25)29)19-14-5-12(3-4-16(14)26-17(19)7-13)21(30)28-8-22(23,24)9-28/h3-7,26H,8-9H2,1-2H3,(H2,25,29). The highest BCUT2D eigenvalue weighted by atomic mass is 19.3. The first-order valence-electron chi connectivity index (χ1n) is 9.64. The Balaban J connectivity index is 1.68. The summed E-state index contributed by atoms with van der Waals surface area (Å²) in [6, 6.07) is 8.42. The Morgan fingerprint density at radius 1 is 1.16 bits per heavy atom. The third kappa shape index (κ3) is 2.96. The number of H-pyrrole nitrogens is 1.